The normalized spacial score (nSPS) is 10.6. The molecule has 2 heterocycles. The molecule has 0 aliphatic carbocycles. The Bertz CT molecular complexity index is 952. The van der Waals surface area contributed by atoms with Gasteiger partial charge in [0.05, 0.1) is 17.9 Å². The number of carbonyl (C=O) groups is 1. The maximum Gasteiger partial charge on any atom is 0.340 e. The summed E-state index contributed by atoms with van der Waals surface area (Å²) in [5.41, 5.74) is 1.57. The van der Waals surface area contributed by atoms with Crippen molar-refractivity contribution in [1.29, 1.82) is 0 Å². The number of esters is 1. The molecular weight excluding hydrogens is 322 g/mol. The second kappa shape index (κ2) is 7.59. The van der Waals surface area contributed by atoms with Gasteiger partial charge in [0.1, 0.15) is 12.3 Å². The smallest absolute Gasteiger partial charge is 0.340 e. The standard InChI is InChI=1S/C18H17N3O4/c22-10-8-19-15-6-2-1-5-14(15)18(24)25-12-13-11-17(23)21-9-4-3-7-16(21)20-13/h1-7,9,11,19,22H,8,10,12H2. The van der Waals surface area contributed by atoms with Crippen molar-refractivity contribution >= 4 is 17.3 Å². The Morgan fingerprint density at radius 2 is 2.00 bits per heavy atom. The van der Waals surface area contributed by atoms with Crippen LogP contribution in [0.25, 0.3) is 5.65 Å². The number of rotatable bonds is 6. The van der Waals surface area contributed by atoms with E-state index in [-0.39, 0.29) is 18.8 Å². The van der Waals surface area contributed by atoms with Gasteiger partial charge >= 0.3 is 5.97 Å². The predicted octanol–water partition coefficient (Wildman–Crippen LogP) is 1.46. The molecule has 0 spiro atoms. The summed E-state index contributed by atoms with van der Waals surface area (Å²) < 4.78 is 6.70. The van der Waals surface area contributed by atoms with E-state index < -0.39 is 5.97 Å². The van der Waals surface area contributed by atoms with E-state index in [1.54, 1.807) is 48.7 Å². The second-order valence-corrected chi connectivity index (χ2v) is 5.29. The zero-order valence-corrected chi connectivity index (χ0v) is 13.4. The Balaban J connectivity index is 1.76. The van der Waals surface area contributed by atoms with Crippen LogP contribution < -0.4 is 10.9 Å². The highest BCUT2D eigenvalue weighted by Crippen LogP contribution is 2.16. The van der Waals surface area contributed by atoms with E-state index in [4.69, 9.17) is 9.84 Å². The van der Waals surface area contributed by atoms with Crippen LogP contribution in [0, 0.1) is 0 Å². The van der Waals surface area contributed by atoms with E-state index in [0.717, 1.165) is 0 Å². The van der Waals surface area contributed by atoms with Crippen LogP contribution in [-0.2, 0) is 11.3 Å². The number of fused-ring (bicyclic) bond motifs is 1. The van der Waals surface area contributed by atoms with Crippen LogP contribution in [0.4, 0.5) is 5.69 Å². The Morgan fingerprint density at radius 3 is 2.84 bits per heavy atom. The van der Waals surface area contributed by atoms with Crippen molar-refractivity contribution in [1.82, 2.24) is 9.38 Å². The van der Waals surface area contributed by atoms with E-state index in [0.29, 0.717) is 29.1 Å². The number of pyridine rings is 1. The first-order valence-electron chi connectivity index (χ1n) is 7.77. The Morgan fingerprint density at radius 1 is 1.20 bits per heavy atom. The van der Waals surface area contributed by atoms with Gasteiger partial charge in [-0.3, -0.25) is 9.20 Å². The lowest BCUT2D eigenvalue weighted by Crippen LogP contribution is -2.17. The maximum absolute atomic E-state index is 12.3. The van der Waals surface area contributed by atoms with Crippen LogP contribution in [0.3, 0.4) is 0 Å². The number of carbonyl (C=O) groups excluding carboxylic acids is 1. The fraction of sp³-hybridized carbons (Fsp3) is 0.167. The summed E-state index contributed by atoms with van der Waals surface area (Å²) in [4.78, 5) is 28.7. The molecule has 7 nitrogen and oxygen atoms in total. The fourth-order valence-electron chi connectivity index (χ4n) is 2.40. The third-order valence-electron chi connectivity index (χ3n) is 3.55. The molecule has 0 aliphatic heterocycles. The van der Waals surface area contributed by atoms with Crippen molar-refractivity contribution in [2.45, 2.75) is 6.61 Å². The molecule has 0 amide bonds. The number of ether oxygens (including phenoxy) is 1. The van der Waals surface area contributed by atoms with Crippen molar-refractivity contribution in [3.8, 4) is 0 Å². The van der Waals surface area contributed by atoms with Crippen molar-refractivity contribution in [3.05, 3.63) is 76.3 Å². The van der Waals surface area contributed by atoms with E-state index >= 15 is 0 Å². The molecule has 0 saturated heterocycles. The van der Waals surface area contributed by atoms with Gasteiger partial charge in [0.2, 0.25) is 0 Å². The third-order valence-corrected chi connectivity index (χ3v) is 3.55. The first kappa shape index (κ1) is 16.7. The Labute approximate surface area is 143 Å². The molecule has 3 aromatic rings. The predicted molar refractivity (Wildman–Crippen MR) is 92.6 cm³/mol. The number of aromatic nitrogens is 2. The van der Waals surface area contributed by atoms with Gasteiger partial charge in [-0.1, -0.05) is 18.2 Å². The molecule has 0 aliphatic rings. The van der Waals surface area contributed by atoms with Crippen LogP contribution in [0.2, 0.25) is 0 Å². The quantitative estimate of drug-likeness (QED) is 0.661. The summed E-state index contributed by atoms with van der Waals surface area (Å²) in [6, 6.07) is 13.4. The van der Waals surface area contributed by atoms with Gasteiger partial charge < -0.3 is 15.2 Å². The van der Waals surface area contributed by atoms with Gasteiger partial charge in [-0.2, -0.15) is 0 Å². The van der Waals surface area contributed by atoms with E-state index in [1.165, 1.54) is 10.5 Å². The van der Waals surface area contributed by atoms with Crippen LogP contribution in [0.1, 0.15) is 16.1 Å². The minimum absolute atomic E-state index is 0.0473. The number of hydrogen-bond donors (Lipinski definition) is 2. The number of benzene rings is 1. The lowest BCUT2D eigenvalue weighted by molar-refractivity contribution is 0.0469. The molecule has 25 heavy (non-hydrogen) atoms. The minimum Gasteiger partial charge on any atom is -0.456 e. The highest BCUT2D eigenvalue weighted by atomic mass is 16.5. The van der Waals surface area contributed by atoms with Crippen molar-refractivity contribution in [3.63, 3.8) is 0 Å². The average Bonchev–Trinajstić information content (AvgIpc) is 2.65. The number of nitrogens with zero attached hydrogens (tertiary/aromatic N) is 2. The van der Waals surface area contributed by atoms with Gasteiger partial charge in [0, 0.05) is 24.5 Å². The van der Waals surface area contributed by atoms with Crippen molar-refractivity contribution in [2.75, 3.05) is 18.5 Å². The molecule has 0 radical (unpaired) electrons. The molecule has 0 saturated carbocycles. The average molecular weight is 339 g/mol. The number of hydrogen-bond acceptors (Lipinski definition) is 6. The van der Waals surface area contributed by atoms with Crippen LogP contribution in [0.5, 0.6) is 0 Å². The van der Waals surface area contributed by atoms with E-state index in [1.807, 2.05) is 0 Å². The molecule has 128 valence electrons. The van der Waals surface area contributed by atoms with Crippen molar-refractivity contribution < 1.29 is 14.6 Å². The Hall–Kier alpha value is -3.19. The topological polar surface area (TPSA) is 92.9 Å². The molecule has 2 N–H and O–H groups in total. The van der Waals surface area contributed by atoms with Gasteiger partial charge in [0.15, 0.2) is 0 Å². The van der Waals surface area contributed by atoms with Gasteiger partial charge in [-0.25, -0.2) is 9.78 Å². The molecular formula is C18H17N3O4. The lowest BCUT2D eigenvalue weighted by Gasteiger charge is -2.11. The monoisotopic (exact) mass is 339 g/mol. The summed E-state index contributed by atoms with van der Waals surface area (Å²) in [5.74, 6) is -0.531. The highest BCUT2D eigenvalue weighted by molar-refractivity contribution is 5.95. The molecule has 0 unspecified atom stereocenters. The number of para-hydroxylation sites is 1. The summed E-state index contributed by atoms with van der Waals surface area (Å²) in [7, 11) is 0. The van der Waals surface area contributed by atoms with Crippen LogP contribution in [0.15, 0.2) is 59.5 Å². The number of anilines is 1. The SMILES string of the molecule is O=C(OCc1cc(=O)n2ccccc2n1)c1ccccc1NCCO. The summed E-state index contributed by atoms with van der Waals surface area (Å²) >= 11 is 0. The third kappa shape index (κ3) is 3.84. The zero-order valence-electron chi connectivity index (χ0n) is 13.4. The van der Waals surface area contributed by atoms with Gasteiger partial charge in [-0.05, 0) is 24.3 Å². The molecule has 2 aromatic heterocycles. The number of aliphatic hydroxyl groups is 1. The molecule has 0 bridgehead atoms. The maximum atomic E-state index is 12.3. The minimum atomic E-state index is -0.531. The first-order chi connectivity index (χ1) is 12.2. The first-order valence-corrected chi connectivity index (χ1v) is 7.77. The van der Waals surface area contributed by atoms with Crippen LogP contribution >= 0.6 is 0 Å². The van der Waals surface area contributed by atoms with E-state index in [9.17, 15) is 9.59 Å². The summed E-state index contributed by atoms with van der Waals surface area (Å²) in [6.07, 6.45) is 1.63. The second-order valence-electron chi connectivity index (χ2n) is 5.29. The number of aliphatic hydroxyl groups excluding tert-OH is 1. The zero-order chi connectivity index (χ0) is 17.6. The van der Waals surface area contributed by atoms with Gasteiger partial charge in [-0.15, -0.1) is 0 Å². The molecule has 3 rings (SSSR count). The molecule has 0 atom stereocenters. The fourth-order valence-corrected chi connectivity index (χ4v) is 2.40. The largest absolute Gasteiger partial charge is 0.456 e. The van der Waals surface area contributed by atoms with Crippen molar-refractivity contribution in [2.24, 2.45) is 0 Å². The molecule has 7 heteroatoms. The van der Waals surface area contributed by atoms with Gasteiger partial charge in [0.25, 0.3) is 5.56 Å². The Kier molecular flexibility index (Phi) is 5.06. The summed E-state index contributed by atoms with van der Waals surface area (Å²) in [6.45, 7) is 0.176. The number of nitrogens with one attached hydrogen (secondary N) is 1. The highest BCUT2D eigenvalue weighted by Gasteiger charge is 2.13. The summed E-state index contributed by atoms with van der Waals surface area (Å²) in [5, 5.41) is 11.9. The lowest BCUT2D eigenvalue weighted by atomic mass is 10.2. The molecule has 1 aromatic carbocycles. The molecule has 0 fully saturated rings. The van der Waals surface area contributed by atoms with Crippen LogP contribution in [-0.4, -0.2) is 33.6 Å². The van der Waals surface area contributed by atoms with E-state index in [2.05, 4.69) is 10.3 Å².